The van der Waals surface area contributed by atoms with Gasteiger partial charge >= 0.3 is 0 Å². The highest BCUT2D eigenvalue weighted by Gasteiger charge is 2.18. The molecule has 0 aliphatic rings. The van der Waals surface area contributed by atoms with Crippen molar-refractivity contribution in [3.8, 4) is 0 Å². The third-order valence-electron chi connectivity index (χ3n) is 2.52. The molecule has 0 amide bonds. The van der Waals surface area contributed by atoms with Crippen molar-refractivity contribution in [1.82, 2.24) is 10.2 Å². The van der Waals surface area contributed by atoms with Crippen LogP contribution in [0.3, 0.4) is 0 Å². The Bertz CT molecular complexity index is 385. The molecule has 94 valence electrons. The van der Waals surface area contributed by atoms with Crippen molar-refractivity contribution < 1.29 is 4.74 Å². The zero-order valence-electron chi connectivity index (χ0n) is 10.4. The molecule has 0 saturated heterocycles. The van der Waals surface area contributed by atoms with Crippen molar-refractivity contribution in [3.05, 3.63) is 17.8 Å². The minimum Gasteiger partial charge on any atom is -0.389 e. The zero-order valence-corrected chi connectivity index (χ0v) is 11.2. The number of nitrogens with two attached hydrogens (primary N) is 1. The van der Waals surface area contributed by atoms with Gasteiger partial charge < -0.3 is 15.4 Å². The lowest BCUT2D eigenvalue weighted by Gasteiger charge is -2.29. The lowest BCUT2D eigenvalue weighted by Crippen LogP contribution is -2.38. The van der Waals surface area contributed by atoms with Crippen LogP contribution >= 0.6 is 12.2 Å². The van der Waals surface area contributed by atoms with Crippen LogP contribution in [0.5, 0.6) is 0 Å². The highest BCUT2D eigenvalue weighted by Crippen LogP contribution is 2.18. The van der Waals surface area contributed by atoms with Gasteiger partial charge in [-0.3, -0.25) is 0 Å². The van der Waals surface area contributed by atoms with Crippen LogP contribution in [-0.2, 0) is 4.74 Å². The first-order valence-electron chi connectivity index (χ1n) is 5.48. The Kier molecular flexibility index (Phi) is 5.24. The lowest BCUT2D eigenvalue weighted by molar-refractivity contribution is 0.181. The zero-order chi connectivity index (χ0) is 12.8. The van der Waals surface area contributed by atoms with Crippen LogP contribution in [0.4, 0.5) is 5.82 Å². The van der Waals surface area contributed by atoms with Crippen molar-refractivity contribution in [3.63, 3.8) is 0 Å². The summed E-state index contributed by atoms with van der Waals surface area (Å²) in [5.41, 5.74) is 6.44. The van der Waals surface area contributed by atoms with Gasteiger partial charge in [-0.15, -0.1) is 5.10 Å². The van der Waals surface area contributed by atoms with E-state index in [4.69, 9.17) is 22.7 Å². The largest absolute Gasteiger partial charge is 0.389 e. The van der Waals surface area contributed by atoms with E-state index in [0.717, 1.165) is 12.1 Å². The van der Waals surface area contributed by atoms with Gasteiger partial charge in [-0.1, -0.05) is 12.2 Å². The van der Waals surface area contributed by atoms with Gasteiger partial charge in [0.15, 0.2) is 5.82 Å². The Labute approximate surface area is 107 Å². The van der Waals surface area contributed by atoms with Crippen molar-refractivity contribution >= 4 is 23.0 Å². The summed E-state index contributed by atoms with van der Waals surface area (Å²) in [5.74, 6) is 0.715. The summed E-state index contributed by atoms with van der Waals surface area (Å²) in [5, 5.41) is 8.02. The Morgan fingerprint density at radius 3 is 2.88 bits per heavy atom. The van der Waals surface area contributed by atoms with Crippen LogP contribution in [0.15, 0.2) is 12.3 Å². The first-order chi connectivity index (χ1) is 8.11. The van der Waals surface area contributed by atoms with E-state index in [1.807, 2.05) is 6.92 Å². The molecule has 5 nitrogen and oxygen atoms in total. The molecule has 1 aromatic rings. The van der Waals surface area contributed by atoms with Crippen molar-refractivity contribution in [2.75, 3.05) is 25.2 Å². The minimum atomic E-state index is 0.190. The fourth-order valence-electron chi connectivity index (χ4n) is 1.73. The maximum atomic E-state index is 5.69. The van der Waals surface area contributed by atoms with Crippen LogP contribution in [-0.4, -0.2) is 41.5 Å². The van der Waals surface area contributed by atoms with Gasteiger partial charge in [-0.25, -0.2) is 0 Å². The number of thiocarbonyl (C=S) groups is 1. The molecule has 1 heterocycles. The van der Waals surface area contributed by atoms with Crippen LogP contribution in [0.1, 0.15) is 19.4 Å². The van der Waals surface area contributed by atoms with Gasteiger partial charge in [0.25, 0.3) is 0 Å². The van der Waals surface area contributed by atoms with Gasteiger partial charge in [-0.05, 0) is 19.9 Å². The van der Waals surface area contributed by atoms with E-state index >= 15 is 0 Å². The van der Waals surface area contributed by atoms with E-state index in [1.165, 1.54) is 0 Å². The molecule has 1 rings (SSSR count). The second kappa shape index (κ2) is 6.46. The molecule has 0 aromatic carbocycles. The smallest absolute Gasteiger partial charge is 0.161 e. The quantitative estimate of drug-likeness (QED) is 0.763. The van der Waals surface area contributed by atoms with E-state index in [-0.39, 0.29) is 6.04 Å². The second-order valence-corrected chi connectivity index (χ2v) is 4.16. The van der Waals surface area contributed by atoms with Gasteiger partial charge in [-0.2, -0.15) is 5.10 Å². The molecule has 0 spiro atoms. The first kappa shape index (κ1) is 13.8. The summed E-state index contributed by atoms with van der Waals surface area (Å²) in [7, 11) is 1.68. The maximum Gasteiger partial charge on any atom is 0.161 e. The summed E-state index contributed by atoms with van der Waals surface area (Å²) < 4.78 is 5.15. The van der Waals surface area contributed by atoms with Gasteiger partial charge in [0, 0.05) is 13.7 Å². The van der Waals surface area contributed by atoms with Crippen LogP contribution in [0.25, 0.3) is 0 Å². The number of likely N-dealkylation sites (N-methyl/N-ethyl adjacent to an activating group) is 1. The summed E-state index contributed by atoms with van der Waals surface area (Å²) in [6.07, 6.45) is 1.59. The Balaban J connectivity index is 3.06. The topological polar surface area (TPSA) is 64.3 Å². The standard InChI is InChI=1S/C11H18N4OS/c1-4-15(8(2)7-16-3)11-9(10(12)17)5-6-13-14-11/h5-6,8H,4,7H2,1-3H3,(H2,12,17). The number of anilines is 1. The molecule has 1 unspecified atom stereocenters. The third-order valence-corrected chi connectivity index (χ3v) is 2.74. The average molecular weight is 254 g/mol. The average Bonchev–Trinajstić information content (AvgIpc) is 2.31. The summed E-state index contributed by atoms with van der Waals surface area (Å²) >= 11 is 5.02. The number of methoxy groups -OCH3 is 1. The SMILES string of the molecule is CCN(c1nnccc1C(N)=S)C(C)COC. The molecular formula is C11H18N4OS. The van der Waals surface area contributed by atoms with Gasteiger partial charge in [0.1, 0.15) is 4.99 Å². The van der Waals surface area contributed by atoms with E-state index in [9.17, 15) is 0 Å². The highest BCUT2D eigenvalue weighted by molar-refractivity contribution is 7.80. The monoisotopic (exact) mass is 254 g/mol. The molecular weight excluding hydrogens is 236 g/mol. The molecule has 0 aliphatic carbocycles. The van der Waals surface area contributed by atoms with Crippen LogP contribution in [0, 0.1) is 0 Å². The molecule has 1 aromatic heterocycles. The molecule has 0 fully saturated rings. The minimum absolute atomic E-state index is 0.190. The Morgan fingerprint density at radius 1 is 1.65 bits per heavy atom. The van der Waals surface area contributed by atoms with Gasteiger partial charge in [0.05, 0.1) is 24.4 Å². The predicted molar refractivity (Wildman–Crippen MR) is 72.3 cm³/mol. The van der Waals surface area contributed by atoms with Crippen molar-refractivity contribution in [2.45, 2.75) is 19.9 Å². The molecule has 6 heteroatoms. The molecule has 0 radical (unpaired) electrons. The Hall–Kier alpha value is -1.27. The highest BCUT2D eigenvalue weighted by atomic mass is 32.1. The van der Waals surface area contributed by atoms with Crippen LogP contribution in [0.2, 0.25) is 0 Å². The van der Waals surface area contributed by atoms with E-state index < -0.39 is 0 Å². The van der Waals surface area contributed by atoms with Gasteiger partial charge in [0.2, 0.25) is 0 Å². The lowest BCUT2D eigenvalue weighted by atomic mass is 10.2. The third kappa shape index (κ3) is 3.34. The second-order valence-electron chi connectivity index (χ2n) is 3.72. The molecule has 2 N–H and O–H groups in total. The van der Waals surface area contributed by atoms with E-state index in [0.29, 0.717) is 17.4 Å². The molecule has 0 aliphatic heterocycles. The number of rotatable bonds is 6. The molecule has 0 bridgehead atoms. The van der Waals surface area contributed by atoms with E-state index in [1.54, 1.807) is 19.4 Å². The number of nitrogens with zero attached hydrogens (tertiary/aromatic N) is 3. The normalized spacial score (nSPS) is 12.2. The Morgan fingerprint density at radius 2 is 2.35 bits per heavy atom. The molecule has 1 atom stereocenters. The number of aromatic nitrogens is 2. The number of hydrogen-bond acceptors (Lipinski definition) is 5. The molecule has 17 heavy (non-hydrogen) atoms. The fraction of sp³-hybridized carbons (Fsp3) is 0.545. The first-order valence-corrected chi connectivity index (χ1v) is 5.89. The summed E-state index contributed by atoms with van der Waals surface area (Å²) in [6, 6.07) is 1.97. The predicted octanol–water partition coefficient (Wildman–Crippen LogP) is 0.972. The summed E-state index contributed by atoms with van der Waals surface area (Å²) in [6.45, 7) is 5.51. The number of hydrogen-bond donors (Lipinski definition) is 1. The van der Waals surface area contributed by atoms with E-state index in [2.05, 4.69) is 22.0 Å². The molecule has 0 saturated carbocycles. The van der Waals surface area contributed by atoms with Crippen LogP contribution < -0.4 is 10.6 Å². The number of ether oxygens (including phenoxy) is 1. The maximum absolute atomic E-state index is 5.69. The summed E-state index contributed by atoms with van der Waals surface area (Å²) in [4.78, 5) is 2.41. The van der Waals surface area contributed by atoms with Crippen molar-refractivity contribution in [2.24, 2.45) is 5.73 Å². The fourth-order valence-corrected chi connectivity index (χ4v) is 1.89. The van der Waals surface area contributed by atoms with Crippen molar-refractivity contribution in [1.29, 1.82) is 0 Å².